The molecule has 0 bridgehead atoms. The summed E-state index contributed by atoms with van der Waals surface area (Å²) in [6, 6.07) is 0. The van der Waals surface area contributed by atoms with Crippen LogP contribution in [0.5, 0.6) is 0 Å². The highest BCUT2D eigenvalue weighted by atomic mass is 16.6. The third-order valence-corrected chi connectivity index (χ3v) is 1.72. The van der Waals surface area contributed by atoms with E-state index in [1.54, 1.807) is 0 Å². The fourth-order valence-corrected chi connectivity index (χ4v) is 0.700. The van der Waals surface area contributed by atoms with Crippen molar-refractivity contribution in [2.75, 3.05) is 27.3 Å². The zero-order valence-corrected chi connectivity index (χ0v) is 9.49. The van der Waals surface area contributed by atoms with Crippen molar-refractivity contribution in [3.8, 4) is 0 Å². The normalized spacial score (nSPS) is 10.5. The Bertz CT molecular complexity index is 226. The van der Waals surface area contributed by atoms with Gasteiger partial charge in [-0.3, -0.25) is 0 Å². The number of hydroxylamine groups is 1. The monoisotopic (exact) mass is 235 g/mol. The minimum absolute atomic E-state index is 0.153. The zero-order valence-electron chi connectivity index (χ0n) is 9.49. The van der Waals surface area contributed by atoms with Crippen LogP contribution in [-0.4, -0.2) is 50.2 Å². The SMILES string of the molecule is CNC(=O)OCC(C)(COC(=O)NC)NO. The Morgan fingerprint density at radius 1 is 1.12 bits per heavy atom. The molecule has 8 nitrogen and oxygen atoms in total. The number of hydrogen-bond acceptors (Lipinski definition) is 6. The fraction of sp³-hybridized carbons (Fsp3) is 0.750. The molecular formula is C8H17N3O5. The van der Waals surface area contributed by atoms with E-state index >= 15 is 0 Å². The van der Waals surface area contributed by atoms with Crippen molar-refractivity contribution in [3.05, 3.63) is 0 Å². The lowest BCUT2D eigenvalue weighted by molar-refractivity contribution is -0.0115. The summed E-state index contributed by atoms with van der Waals surface area (Å²) in [6.07, 6.45) is -1.28. The summed E-state index contributed by atoms with van der Waals surface area (Å²) in [5, 5.41) is 13.4. The van der Waals surface area contributed by atoms with Crippen LogP contribution in [0.4, 0.5) is 9.59 Å². The van der Waals surface area contributed by atoms with Crippen molar-refractivity contribution in [2.45, 2.75) is 12.5 Å². The van der Waals surface area contributed by atoms with Gasteiger partial charge in [-0.25, -0.2) is 9.59 Å². The molecule has 0 heterocycles. The van der Waals surface area contributed by atoms with Crippen molar-refractivity contribution in [2.24, 2.45) is 0 Å². The van der Waals surface area contributed by atoms with E-state index in [-0.39, 0.29) is 13.2 Å². The van der Waals surface area contributed by atoms with E-state index in [2.05, 4.69) is 10.6 Å². The van der Waals surface area contributed by atoms with Gasteiger partial charge in [0, 0.05) is 14.1 Å². The molecule has 0 aliphatic rings. The van der Waals surface area contributed by atoms with Gasteiger partial charge in [0.2, 0.25) is 0 Å². The Morgan fingerprint density at radius 3 is 1.75 bits per heavy atom. The average molecular weight is 235 g/mol. The van der Waals surface area contributed by atoms with Crippen LogP contribution in [0.1, 0.15) is 6.92 Å². The van der Waals surface area contributed by atoms with Crippen LogP contribution in [0, 0.1) is 0 Å². The molecular weight excluding hydrogens is 218 g/mol. The number of nitrogens with one attached hydrogen (secondary N) is 3. The summed E-state index contributed by atoms with van der Waals surface area (Å²) in [5.74, 6) is 0. The lowest BCUT2D eigenvalue weighted by Gasteiger charge is -2.26. The third-order valence-electron chi connectivity index (χ3n) is 1.72. The molecule has 0 fully saturated rings. The number of hydrogen-bond donors (Lipinski definition) is 4. The Labute approximate surface area is 93.2 Å². The molecule has 16 heavy (non-hydrogen) atoms. The van der Waals surface area contributed by atoms with Crippen molar-refractivity contribution in [3.63, 3.8) is 0 Å². The van der Waals surface area contributed by atoms with Crippen LogP contribution in [0.3, 0.4) is 0 Å². The quantitative estimate of drug-likeness (QED) is 0.475. The van der Waals surface area contributed by atoms with Gasteiger partial charge in [-0.1, -0.05) is 0 Å². The van der Waals surface area contributed by atoms with Gasteiger partial charge in [0.25, 0.3) is 0 Å². The Morgan fingerprint density at radius 2 is 1.50 bits per heavy atom. The maximum atomic E-state index is 10.8. The number of ether oxygens (including phenoxy) is 2. The minimum Gasteiger partial charge on any atom is -0.447 e. The molecule has 0 saturated carbocycles. The predicted octanol–water partition coefficient (Wildman–Crippen LogP) is -0.564. The summed E-state index contributed by atoms with van der Waals surface area (Å²) < 4.78 is 9.46. The molecule has 0 aliphatic carbocycles. The predicted molar refractivity (Wildman–Crippen MR) is 54.1 cm³/mol. The Balaban J connectivity index is 4.09. The maximum Gasteiger partial charge on any atom is 0.406 e. The van der Waals surface area contributed by atoms with Gasteiger partial charge in [-0.2, -0.15) is 5.48 Å². The largest absolute Gasteiger partial charge is 0.447 e. The average Bonchev–Trinajstić information content (AvgIpc) is 2.32. The van der Waals surface area contributed by atoms with E-state index < -0.39 is 17.7 Å². The second kappa shape index (κ2) is 6.85. The van der Waals surface area contributed by atoms with Crippen LogP contribution < -0.4 is 16.1 Å². The topological polar surface area (TPSA) is 109 Å². The highest BCUT2D eigenvalue weighted by Gasteiger charge is 2.27. The molecule has 4 N–H and O–H groups in total. The van der Waals surface area contributed by atoms with Crippen molar-refractivity contribution >= 4 is 12.2 Å². The van der Waals surface area contributed by atoms with Crippen LogP contribution >= 0.6 is 0 Å². The highest BCUT2D eigenvalue weighted by molar-refractivity contribution is 5.67. The smallest absolute Gasteiger partial charge is 0.406 e. The molecule has 0 aliphatic heterocycles. The van der Waals surface area contributed by atoms with Crippen LogP contribution in [-0.2, 0) is 9.47 Å². The highest BCUT2D eigenvalue weighted by Crippen LogP contribution is 2.04. The van der Waals surface area contributed by atoms with Crippen molar-refractivity contribution in [1.82, 2.24) is 16.1 Å². The molecule has 0 aromatic heterocycles. The summed E-state index contributed by atoms with van der Waals surface area (Å²) in [4.78, 5) is 21.6. The Kier molecular flexibility index (Phi) is 6.19. The van der Waals surface area contributed by atoms with E-state index in [4.69, 9.17) is 14.7 Å². The lowest BCUT2D eigenvalue weighted by atomic mass is 10.1. The van der Waals surface area contributed by atoms with Crippen LogP contribution in [0.15, 0.2) is 0 Å². The first kappa shape index (κ1) is 14.5. The molecule has 0 aromatic carbocycles. The van der Waals surface area contributed by atoms with E-state index in [1.807, 2.05) is 5.48 Å². The van der Waals surface area contributed by atoms with Crippen LogP contribution in [0.2, 0.25) is 0 Å². The van der Waals surface area contributed by atoms with Crippen molar-refractivity contribution in [1.29, 1.82) is 0 Å². The van der Waals surface area contributed by atoms with Gasteiger partial charge in [0.1, 0.15) is 18.8 Å². The summed E-state index contributed by atoms with van der Waals surface area (Å²) >= 11 is 0. The first-order chi connectivity index (χ1) is 7.47. The van der Waals surface area contributed by atoms with E-state index in [1.165, 1.54) is 21.0 Å². The van der Waals surface area contributed by atoms with Crippen molar-refractivity contribution < 1.29 is 24.3 Å². The molecule has 0 atom stereocenters. The fourth-order valence-electron chi connectivity index (χ4n) is 0.700. The van der Waals surface area contributed by atoms with Gasteiger partial charge in [0.15, 0.2) is 0 Å². The number of rotatable bonds is 5. The lowest BCUT2D eigenvalue weighted by Crippen LogP contribution is -2.50. The first-order valence-corrected chi connectivity index (χ1v) is 4.57. The second-order valence-electron chi connectivity index (χ2n) is 3.32. The molecule has 8 heteroatoms. The molecule has 0 saturated heterocycles. The molecule has 0 unspecified atom stereocenters. The first-order valence-electron chi connectivity index (χ1n) is 4.57. The Hall–Kier alpha value is -1.54. The molecule has 0 rings (SSSR count). The summed E-state index contributed by atoms with van der Waals surface area (Å²) in [7, 11) is 2.82. The zero-order chi connectivity index (χ0) is 12.6. The standard InChI is InChI=1S/C8H17N3O5/c1-8(11-14,4-15-6(12)9-2)5-16-7(13)10-3/h11,14H,4-5H2,1-3H3,(H,9,12)(H,10,13). The van der Waals surface area contributed by atoms with E-state index in [0.717, 1.165) is 0 Å². The summed E-state index contributed by atoms with van der Waals surface area (Å²) in [5.41, 5.74) is 0.871. The minimum atomic E-state index is -1.06. The van der Waals surface area contributed by atoms with E-state index in [9.17, 15) is 9.59 Å². The number of carbonyl (C=O) groups excluding carboxylic acids is 2. The van der Waals surface area contributed by atoms with Gasteiger partial charge >= 0.3 is 12.2 Å². The van der Waals surface area contributed by atoms with Crippen LogP contribution in [0.25, 0.3) is 0 Å². The number of alkyl carbamates (subject to hydrolysis) is 2. The molecule has 94 valence electrons. The molecule has 0 spiro atoms. The third kappa shape index (κ3) is 5.37. The van der Waals surface area contributed by atoms with E-state index in [0.29, 0.717) is 0 Å². The molecule has 0 aromatic rings. The maximum absolute atomic E-state index is 10.8. The van der Waals surface area contributed by atoms with Gasteiger partial charge < -0.3 is 25.3 Å². The number of carbonyl (C=O) groups is 2. The van der Waals surface area contributed by atoms with Gasteiger partial charge in [-0.05, 0) is 6.92 Å². The second-order valence-corrected chi connectivity index (χ2v) is 3.32. The van der Waals surface area contributed by atoms with Gasteiger partial charge in [0.05, 0.1) is 0 Å². The molecule has 0 radical (unpaired) electrons. The summed E-state index contributed by atoms with van der Waals surface area (Å²) in [6.45, 7) is 1.22. The number of amides is 2. The van der Waals surface area contributed by atoms with Gasteiger partial charge in [-0.15, -0.1) is 0 Å². The molecule has 2 amide bonds.